The SMILES string of the molecule is CCC1C(=O)NCCN1C(=O)CCOc1ccccc1N. The number of piperazine rings is 1. The van der Waals surface area contributed by atoms with Crippen LogP contribution in [0.1, 0.15) is 19.8 Å². The molecule has 1 aliphatic heterocycles. The number of rotatable bonds is 5. The Hall–Kier alpha value is -2.24. The molecule has 3 N–H and O–H groups in total. The number of carbonyl (C=O) groups excluding carboxylic acids is 2. The number of nitrogens with two attached hydrogens (primary N) is 1. The number of hydrogen-bond donors (Lipinski definition) is 2. The van der Waals surface area contributed by atoms with Gasteiger partial charge in [-0.15, -0.1) is 0 Å². The zero-order chi connectivity index (χ0) is 15.2. The molecule has 0 spiro atoms. The molecule has 0 aromatic heterocycles. The Morgan fingerprint density at radius 1 is 1.48 bits per heavy atom. The Kier molecular flexibility index (Phi) is 5.03. The lowest BCUT2D eigenvalue weighted by Crippen LogP contribution is -2.57. The van der Waals surface area contributed by atoms with Gasteiger partial charge in [0.1, 0.15) is 11.8 Å². The van der Waals surface area contributed by atoms with Crippen molar-refractivity contribution < 1.29 is 14.3 Å². The van der Waals surface area contributed by atoms with E-state index < -0.39 is 0 Å². The summed E-state index contributed by atoms with van der Waals surface area (Å²) in [5, 5.41) is 2.78. The van der Waals surface area contributed by atoms with Gasteiger partial charge in [0.05, 0.1) is 18.7 Å². The highest BCUT2D eigenvalue weighted by Crippen LogP contribution is 2.20. The first kappa shape index (κ1) is 15.2. The van der Waals surface area contributed by atoms with Crippen molar-refractivity contribution >= 4 is 17.5 Å². The summed E-state index contributed by atoms with van der Waals surface area (Å²) in [5.41, 5.74) is 6.32. The monoisotopic (exact) mass is 291 g/mol. The maximum absolute atomic E-state index is 12.2. The van der Waals surface area contributed by atoms with E-state index in [1.165, 1.54) is 0 Å². The third kappa shape index (κ3) is 3.65. The van der Waals surface area contributed by atoms with Gasteiger partial charge in [-0.1, -0.05) is 19.1 Å². The van der Waals surface area contributed by atoms with Crippen molar-refractivity contribution in [3.8, 4) is 5.75 Å². The molecule has 1 fully saturated rings. The lowest BCUT2D eigenvalue weighted by Gasteiger charge is -2.34. The summed E-state index contributed by atoms with van der Waals surface area (Å²) in [7, 11) is 0. The summed E-state index contributed by atoms with van der Waals surface area (Å²) >= 11 is 0. The Balaban J connectivity index is 1.86. The first-order valence-electron chi connectivity index (χ1n) is 7.18. The average molecular weight is 291 g/mol. The van der Waals surface area contributed by atoms with Gasteiger partial charge in [-0.2, -0.15) is 0 Å². The van der Waals surface area contributed by atoms with Gasteiger partial charge in [0.25, 0.3) is 0 Å². The van der Waals surface area contributed by atoms with Gasteiger partial charge in [-0.05, 0) is 18.6 Å². The van der Waals surface area contributed by atoms with Crippen molar-refractivity contribution in [2.24, 2.45) is 0 Å². The number of para-hydroxylation sites is 2. The second-order valence-electron chi connectivity index (χ2n) is 4.94. The van der Waals surface area contributed by atoms with Gasteiger partial charge in [0.2, 0.25) is 11.8 Å². The quantitative estimate of drug-likeness (QED) is 0.785. The second kappa shape index (κ2) is 6.97. The lowest BCUT2D eigenvalue weighted by molar-refractivity contribution is -0.143. The number of nitrogen functional groups attached to an aromatic ring is 1. The van der Waals surface area contributed by atoms with Crippen LogP contribution in [-0.4, -0.2) is 42.5 Å². The molecule has 1 saturated heterocycles. The predicted molar refractivity (Wildman–Crippen MR) is 79.8 cm³/mol. The average Bonchev–Trinajstić information content (AvgIpc) is 2.48. The maximum atomic E-state index is 12.2. The lowest BCUT2D eigenvalue weighted by atomic mass is 10.1. The largest absolute Gasteiger partial charge is 0.491 e. The molecule has 21 heavy (non-hydrogen) atoms. The van der Waals surface area contributed by atoms with Crippen LogP contribution < -0.4 is 15.8 Å². The second-order valence-corrected chi connectivity index (χ2v) is 4.94. The molecule has 6 nitrogen and oxygen atoms in total. The van der Waals surface area contributed by atoms with Crippen LogP contribution in [0, 0.1) is 0 Å². The highest BCUT2D eigenvalue weighted by atomic mass is 16.5. The third-order valence-electron chi connectivity index (χ3n) is 3.53. The summed E-state index contributed by atoms with van der Waals surface area (Å²) < 4.78 is 5.52. The molecular weight excluding hydrogens is 270 g/mol. The molecule has 1 aliphatic rings. The minimum absolute atomic E-state index is 0.0637. The number of anilines is 1. The Labute approximate surface area is 124 Å². The molecule has 0 radical (unpaired) electrons. The van der Waals surface area contributed by atoms with Crippen LogP contribution >= 0.6 is 0 Å². The normalized spacial score (nSPS) is 18.2. The minimum atomic E-state index is -0.368. The zero-order valence-corrected chi connectivity index (χ0v) is 12.2. The molecule has 0 bridgehead atoms. The van der Waals surface area contributed by atoms with Gasteiger partial charge in [-0.3, -0.25) is 9.59 Å². The number of amides is 2. The van der Waals surface area contributed by atoms with Crippen LogP contribution in [0.2, 0.25) is 0 Å². The first-order chi connectivity index (χ1) is 10.1. The van der Waals surface area contributed by atoms with E-state index >= 15 is 0 Å². The van der Waals surface area contributed by atoms with Crippen LogP contribution in [0.5, 0.6) is 5.75 Å². The molecule has 0 saturated carbocycles. The topological polar surface area (TPSA) is 84.7 Å². The fourth-order valence-corrected chi connectivity index (χ4v) is 2.42. The summed E-state index contributed by atoms with van der Waals surface area (Å²) in [6.07, 6.45) is 0.849. The molecule has 1 aromatic carbocycles. The number of nitrogens with zero attached hydrogens (tertiary/aromatic N) is 1. The Bertz CT molecular complexity index is 519. The number of benzene rings is 1. The highest BCUT2D eigenvalue weighted by Gasteiger charge is 2.31. The van der Waals surface area contributed by atoms with Crippen LogP contribution in [0.4, 0.5) is 5.69 Å². The molecule has 0 aliphatic carbocycles. The fraction of sp³-hybridized carbons (Fsp3) is 0.467. The zero-order valence-electron chi connectivity index (χ0n) is 12.2. The molecule has 6 heteroatoms. The third-order valence-corrected chi connectivity index (χ3v) is 3.53. The predicted octanol–water partition coefficient (Wildman–Crippen LogP) is 0.775. The maximum Gasteiger partial charge on any atom is 0.242 e. The number of ether oxygens (including phenoxy) is 1. The van der Waals surface area contributed by atoms with E-state index in [-0.39, 0.29) is 30.9 Å². The molecule has 1 atom stereocenters. The van der Waals surface area contributed by atoms with Crippen molar-refractivity contribution in [2.75, 3.05) is 25.4 Å². The fourth-order valence-electron chi connectivity index (χ4n) is 2.42. The van der Waals surface area contributed by atoms with Gasteiger partial charge in [0, 0.05) is 13.1 Å². The van der Waals surface area contributed by atoms with E-state index in [2.05, 4.69) is 5.32 Å². The van der Waals surface area contributed by atoms with Gasteiger partial charge >= 0.3 is 0 Å². The van der Waals surface area contributed by atoms with Crippen LogP contribution in [0.15, 0.2) is 24.3 Å². The number of carbonyl (C=O) groups is 2. The summed E-state index contributed by atoms with van der Waals surface area (Å²) in [6, 6.07) is 6.80. The van der Waals surface area contributed by atoms with Crippen molar-refractivity contribution in [2.45, 2.75) is 25.8 Å². The molecule has 1 aromatic rings. The van der Waals surface area contributed by atoms with Crippen molar-refractivity contribution in [3.05, 3.63) is 24.3 Å². The van der Waals surface area contributed by atoms with E-state index in [1.807, 2.05) is 19.1 Å². The standard InChI is InChI=1S/C15H21N3O3/c1-2-12-15(20)17-8-9-18(12)14(19)7-10-21-13-6-4-3-5-11(13)16/h3-6,12H,2,7-10,16H2,1H3,(H,17,20). The summed E-state index contributed by atoms with van der Waals surface area (Å²) in [4.78, 5) is 25.6. The van der Waals surface area contributed by atoms with E-state index in [9.17, 15) is 9.59 Å². The van der Waals surface area contributed by atoms with Crippen molar-refractivity contribution in [1.82, 2.24) is 10.2 Å². The van der Waals surface area contributed by atoms with E-state index in [4.69, 9.17) is 10.5 Å². The van der Waals surface area contributed by atoms with E-state index in [1.54, 1.807) is 17.0 Å². The number of hydrogen-bond acceptors (Lipinski definition) is 4. The first-order valence-corrected chi connectivity index (χ1v) is 7.18. The molecule has 114 valence electrons. The smallest absolute Gasteiger partial charge is 0.242 e. The number of nitrogens with one attached hydrogen (secondary N) is 1. The van der Waals surface area contributed by atoms with Gasteiger partial charge < -0.3 is 20.7 Å². The van der Waals surface area contributed by atoms with Gasteiger partial charge in [0.15, 0.2) is 0 Å². The molecular formula is C15H21N3O3. The highest BCUT2D eigenvalue weighted by molar-refractivity contribution is 5.88. The van der Waals surface area contributed by atoms with Crippen LogP contribution in [0.3, 0.4) is 0 Å². The van der Waals surface area contributed by atoms with Crippen LogP contribution in [0.25, 0.3) is 0 Å². The molecule has 1 unspecified atom stereocenters. The molecule has 2 amide bonds. The molecule has 2 rings (SSSR count). The van der Waals surface area contributed by atoms with E-state index in [0.717, 1.165) is 0 Å². The Morgan fingerprint density at radius 2 is 2.24 bits per heavy atom. The van der Waals surface area contributed by atoms with Crippen molar-refractivity contribution in [1.29, 1.82) is 0 Å². The van der Waals surface area contributed by atoms with E-state index in [0.29, 0.717) is 30.9 Å². The molecule has 1 heterocycles. The van der Waals surface area contributed by atoms with Gasteiger partial charge in [-0.25, -0.2) is 0 Å². The minimum Gasteiger partial charge on any atom is -0.491 e. The Morgan fingerprint density at radius 3 is 2.95 bits per heavy atom. The summed E-state index contributed by atoms with van der Waals surface area (Å²) in [6.45, 7) is 3.21. The van der Waals surface area contributed by atoms with Crippen LogP contribution in [-0.2, 0) is 9.59 Å². The summed E-state index contributed by atoms with van der Waals surface area (Å²) in [5.74, 6) is 0.435. The van der Waals surface area contributed by atoms with Crippen molar-refractivity contribution in [3.63, 3.8) is 0 Å².